The number of imidazole rings is 1. The van der Waals surface area contributed by atoms with E-state index in [4.69, 9.17) is 5.11 Å². The number of rotatable bonds is 6. The van der Waals surface area contributed by atoms with Gasteiger partial charge in [-0.2, -0.15) is 0 Å². The lowest BCUT2D eigenvalue weighted by Gasteiger charge is -2.20. The van der Waals surface area contributed by atoms with Gasteiger partial charge >= 0.3 is 5.97 Å². The van der Waals surface area contributed by atoms with E-state index in [1.54, 1.807) is 30.6 Å². The highest BCUT2D eigenvalue weighted by Gasteiger charge is 2.55. The number of aromatic nitrogens is 2. The van der Waals surface area contributed by atoms with E-state index in [1.807, 2.05) is 21.6 Å². The molecule has 0 bridgehead atoms. The van der Waals surface area contributed by atoms with Crippen LogP contribution in [0, 0.1) is 17.8 Å². The molecule has 1 aliphatic heterocycles. The van der Waals surface area contributed by atoms with Crippen molar-refractivity contribution in [1.29, 1.82) is 0 Å². The van der Waals surface area contributed by atoms with Crippen molar-refractivity contribution in [1.82, 2.24) is 19.6 Å². The second kappa shape index (κ2) is 7.54. The smallest absolute Gasteiger partial charge is 0.335 e. The van der Waals surface area contributed by atoms with Gasteiger partial charge in [0, 0.05) is 43.8 Å². The molecule has 0 radical (unpaired) electrons. The van der Waals surface area contributed by atoms with Crippen LogP contribution in [-0.4, -0.2) is 56.8 Å². The Hall–Kier alpha value is -3.68. The number of nitrogens with one attached hydrogen (secondary N) is 1. The summed E-state index contributed by atoms with van der Waals surface area (Å²) >= 11 is 0. The molecule has 1 saturated heterocycles. The molecule has 5 rings (SSSR count). The highest BCUT2D eigenvalue weighted by atomic mass is 16.4. The van der Waals surface area contributed by atoms with Gasteiger partial charge in [-0.15, -0.1) is 0 Å². The van der Waals surface area contributed by atoms with Crippen molar-refractivity contribution in [2.75, 3.05) is 19.6 Å². The summed E-state index contributed by atoms with van der Waals surface area (Å²) in [6, 6.07) is 9.77. The molecule has 31 heavy (non-hydrogen) atoms. The molecule has 2 aromatic heterocycles. The van der Waals surface area contributed by atoms with Crippen molar-refractivity contribution in [3.8, 4) is 0 Å². The Morgan fingerprint density at radius 1 is 1.06 bits per heavy atom. The highest BCUT2D eigenvalue weighted by Crippen LogP contribution is 2.53. The summed E-state index contributed by atoms with van der Waals surface area (Å²) < 4.78 is 1.82. The maximum atomic E-state index is 12.7. The average Bonchev–Trinajstić information content (AvgIpc) is 3.15. The standard InChI is InChI=1S/C23H22N4O4/c28-21(16-4-5-20-24-8-9-26(20)11-16)25-7-6-17-18-12-27(13-19(17)18)22(29)14-2-1-3-15(10-14)23(30)31/h1-5,8-11,17-19H,6-7,12-13H2,(H,25,28)(H,30,31)/t17?,18-,19+. The molecule has 3 heterocycles. The fourth-order valence-corrected chi connectivity index (χ4v) is 4.72. The summed E-state index contributed by atoms with van der Waals surface area (Å²) in [7, 11) is 0. The minimum atomic E-state index is -1.04. The van der Waals surface area contributed by atoms with E-state index in [0.29, 0.717) is 48.5 Å². The Morgan fingerprint density at radius 2 is 1.84 bits per heavy atom. The molecule has 1 aliphatic carbocycles. The van der Waals surface area contributed by atoms with Crippen molar-refractivity contribution < 1.29 is 19.5 Å². The lowest BCUT2D eigenvalue weighted by molar-refractivity contribution is 0.0696. The number of hydrogen-bond acceptors (Lipinski definition) is 4. The monoisotopic (exact) mass is 418 g/mol. The molecule has 0 spiro atoms. The van der Waals surface area contributed by atoms with Gasteiger partial charge in [0.2, 0.25) is 0 Å². The molecule has 2 N–H and O–H groups in total. The van der Waals surface area contributed by atoms with Crippen molar-refractivity contribution in [3.63, 3.8) is 0 Å². The Labute approximate surface area is 178 Å². The number of fused-ring (bicyclic) bond motifs is 2. The second-order valence-corrected chi connectivity index (χ2v) is 8.24. The first-order valence-corrected chi connectivity index (χ1v) is 10.3. The van der Waals surface area contributed by atoms with Crippen LogP contribution in [0.4, 0.5) is 0 Å². The van der Waals surface area contributed by atoms with E-state index < -0.39 is 5.97 Å². The quantitative estimate of drug-likeness (QED) is 0.639. The summed E-state index contributed by atoms with van der Waals surface area (Å²) in [4.78, 5) is 42.2. The number of hydrogen-bond donors (Lipinski definition) is 2. The average molecular weight is 418 g/mol. The van der Waals surface area contributed by atoms with Crippen molar-refractivity contribution >= 4 is 23.4 Å². The van der Waals surface area contributed by atoms with Crippen LogP contribution >= 0.6 is 0 Å². The fourth-order valence-electron chi connectivity index (χ4n) is 4.72. The molecule has 3 atom stereocenters. The minimum absolute atomic E-state index is 0.100. The topological polar surface area (TPSA) is 104 Å². The first-order valence-electron chi connectivity index (χ1n) is 10.3. The molecule has 1 aromatic carbocycles. The van der Waals surface area contributed by atoms with Crippen molar-refractivity contribution in [3.05, 3.63) is 71.7 Å². The molecule has 1 unspecified atom stereocenters. The molecule has 1 saturated carbocycles. The van der Waals surface area contributed by atoms with E-state index in [2.05, 4.69) is 10.3 Å². The second-order valence-electron chi connectivity index (χ2n) is 8.24. The Kier molecular flexibility index (Phi) is 4.69. The largest absolute Gasteiger partial charge is 0.478 e. The molecule has 2 amide bonds. The predicted molar refractivity (Wildman–Crippen MR) is 112 cm³/mol. The Morgan fingerprint density at radius 3 is 2.61 bits per heavy atom. The van der Waals surface area contributed by atoms with Gasteiger partial charge in [0.15, 0.2) is 0 Å². The maximum Gasteiger partial charge on any atom is 0.335 e. The molecular weight excluding hydrogens is 396 g/mol. The summed E-state index contributed by atoms with van der Waals surface area (Å²) in [6.07, 6.45) is 6.17. The zero-order valence-electron chi connectivity index (χ0n) is 16.8. The Balaban J connectivity index is 1.10. The van der Waals surface area contributed by atoms with Gasteiger partial charge in [-0.05, 0) is 54.5 Å². The van der Waals surface area contributed by atoms with Gasteiger partial charge in [-0.3, -0.25) is 9.59 Å². The molecule has 158 valence electrons. The van der Waals surface area contributed by atoms with Gasteiger partial charge < -0.3 is 19.7 Å². The summed E-state index contributed by atoms with van der Waals surface area (Å²) in [5.41, 5.74) is 1.94. The number of amides is 2. The number of aromatic carboxylic acids is 1. The molecule has 2 aliphatic rings. The number of benzene rings is 1. The van der Waals surface area contributed by atoms with Crippen molar-refractivity contribution in [2.45, 2.75) is 6.42 Å². The predicted octanol–water partition coefficient (Wildman–Crippen LogP) is 2.17. The number of carboxylic acids is 1. The number of carboxylic acid groups (broad SMARTS) is 1. The van der Waals surface area contributed by atoms with Crippen LogP contribution in [-0.2, 0) is 0 Å². The third kappa shape index (κ3) is 3.65. The van der Waals surface area contributed by atoms with E-state index in [9.17, 15) is 14.4 Å². The first-order chi connectivity index (χ1) is 15.0. The first kappa shape index (κ1) is 19.3. The van der Waals surface area contributed by atoms with E-state index in [1.165, 1.54) is 12.1 Å². The minimum Gasteiger partial charge on any atom is -0.478 e. The lowest BCUT2D eigenvalue weighted by Crippen LogP contribution is -2.32. The van der Waals surface area contributed by atoms with Crippen LogP contribution < -0.4 is 5.32 Å². The van der Waals surface area contributed by atoms with Crippen LogP contribution in [0.15, 0.2) is 55.0 Å². The van der Waals surface area contributed by atoms with Crippen LogP contribution in [0.5, 0.6) is 0 Å². The van der Waals surface area contributed by atoms with Gasteiger partial charge in [0.1, 0.15) is 5.65 Å². The van der Waals surface area contributed by atoms with Gasteiger partial charge in [0.25, 0.3) is 11.8 Å². The fraction of sp³-hybridized carbons (Fsp3) is 0.304. The Bertz CT molecular complexity index is 1180. The van der Waals surface area contributed by atoms with Gasteiger partial charge in [0.05, 0.1) is 11.1 Å². The van der Waals surface area contributed by atoms with Crippen LogP contribution in [0.3, 0.4) is 0 Å². The number of piperidine rings is 1. The third-order valence-corrected chi connectivity index (χ3v) is 6.43. The molecule has 3 aromatic rings. The third-order valence-electron chi connectivity index (χ3n) is 6.43. The number of pyridine rings is 1. The molecule has 8 nitrogen and oxygen atoms in total. The van der Waals surface area contributed by atoms with Gasteiger partial charge in [-0.25, -0.2) is 9.78 Å². The molecular formula is C23H22N4O4. The highest BCUT2D eigenvalue weighted by molar-refractivity contribution is 5.97. The van der Waals surface area contributed by atoms with E-state index >= 15 is 0 Å². The number of carbonyl (C=O) groups is 3. The summed E-state index contributed by atoms with van der Waals surface area (Å²) in [6.45, 7) is 1.99. The SMILES string of the molecule is O=C(O)c1cccc(C(=O)N2C[C@@H]3C(CCNC(=O)c4ccc5nccn5c4)[C@@H]3C2)c1. The van der Waals surface area contributed by atoms with Crippen LogP contribution in [0.1, 0.15) is 37.5 Å². The molecule has 2 fully saturated rings. The summed E-state index contributed by atoms with van der Waals surface area (Å²) in [5.74, 6) is 0.196. The molecule has 8 heteroatoms. The zero-order valence-corrected chi connectivity index (χ0v) is 16.8. The normalized spacial score (nSPS) is 21.7. The maximum absolute atomic E-state index is 12.7. The lowest BCUT2D eigenvalue weighted by atomic mass is 10.1. The van der Waals surface area contributed by atoms with Crippen LogP contribution in [0.25, 0.3) is 5.65 Å². The number of nitrogens with zero attached hydrogens (tertiary/aromatic N) is 3. The number of likely N-dealkylation sites (tertiary alicyclic amines) is 1. The van der Waals surface area contributed by atoms with Crippen LogP contribution in [0.2, 0.25) is 0 Å². The number of carbonyl (C=O) groups excluding carboxylic acids is 2. The summed E-state index contributed by atoms with van der Waals surface area (Å²) in [5, 5.41) is 12.1. The zero-order chi connectivity index (χ0) is 21.5. The van der Waals surface area contributed by atoms with Crippen molar-refractivity contribution in [2.24, 2.45) is 17.8 Å². The van der Waals surface area contributed by atoms with Gasteiger partial charge in [-0.1, -0.05) is 6.07 Å². The van der Waals surface area contributed by atoms with E-state index in [0.717, 1.165) is 12.1 Å². The van der Waals surface area contributed by atoms with E-state index in [-0.39, 0.29) is 17.4 Å².